The minimum absolute atomic E-state index is 0.550. The zero-order valence-electron chi connectivity index (χ0n) is 9.03. The summed E-state index contributed by atoms with van der Waals surface area (Å²) in [6.45, 7) is 4.29. The van der Waals surface area contributed by atoms with Crippen LogP contribution in [0, 0.1) is 12.8 Å². The monoisotopic (exact) mass is 193 g/mol. The van der Waals surface area contributed by atoms with Crippen LogP contribution in [0.2, 0.25) is 0 Å². The predicted octanol–water partition coefficient (Wildman–Crippen LogP) is 2.52. The molecular formula is C11H19N3. The molecule has 0 spiro atoms. The van der Waals surface area contributed by atoms with Crippen LogP contribution in [0.15, 0.2) is 6.20 Å². The molecule has 1 fully saturated rings. The number of nitrogens with two attached hydrogens (primary N) is 1. The van der Waals surface area contributed by atoms with E-state index in [0.29, 0.717) is 6.04 Å². The van der Waals surface area contributed by atoms with Gasteiger partial charge < -0.3 is 5.73 Å². The number of aryl methyl sites for hydroxylation is 1. The van der Waals surface area contributed by atoms with Crippen molar-refractivity contribution in [3.63, 3.8) is 0 Å². The number of nitrogens with zero attached hydrogens (tertiary/aromatic N) is 2. The molecule has 14 heavy (non-hydrogen) atoms. The maximum absolute atomic E-state index is 5.97. The number of hydrogen-bond acceptors (Lipinski definition) is 2. The summed E-state index contributed by atoms with van der Waals surface area (Å²) >= 11 is 0. The van der Waals surface area contributed by atoms with Gasteiger partial charge in [-0.15, -0.1) is 0 Å². The molecule has 3 heteroatoms. The quantitative estimate of drug-likeness (QED) is 0.784. The van der Waals surface area contributed by atoms with Crippen LogP contribution in [-0.2, 0) is 0 Å². The highest BCUT2D eigenvalue weighted by atomic mass is 15.3. The van der Waals surface area contributed by atoms with Gasteiger partial charge in [-0.2, -0.15) is 5.10 Å². The van der Waals surface area contributed by atoms with E-state index in [1.807, 2.05) is 17.8 Å². The van der Waals surface area contributed by atoms with Crippen LogP contribution in [0.25, 0.3) is 0 Å². The SMILES string of the molecule is CCC1CCC(n2ncc(C)c2N)C1. The van der Waals surface area contributed by atoms with Crippen molar-refractivity contribution in [2.75, 3.05) is 5.73 Å². The molecule has 2 unspecified atom stereocenters. The number of rotatable bonds is 2. The summed E-state index contributed by atoms with van der Waals surface area (Å²) in [7, 11) is 0. The summed E-state index contributed by atoms with van der Waals surface area (Å²) in [4.78, 5) is 0. The summed E-state index contributed by atoms with van der Waals surface area (Å²) in [5, 5.41) is 4.36. The molecule has 1 saturated carbocycles. The minimum atomic E-state index is 0.550. The molecule has 2 rings (SSSR count). The van der Waals surface area contributed by atoms with Gasteiger partial charge in [0.05, 0.1) is 12.2 Å². The topological polar surface area (TPSA) is 43.8 Å². The molecule has 2 atom stereocenters. The summed E-state index contributed by atoms with van der Waals surface area (Å²) in [6, 6.07) is 0.550. The van der Waals surface area contributed by atoms with Crippen LogP contribution < -0.4 is 5.73 Å². The van der Waals surface area contributed by atoms with Crippen LogP contribution in [0.5, 0.6) is 0 Å². The summed E-state index contributed by atoms with van der Waals surface area (Å²) in [5.74, 6) is 1.73. The van der Waals surface area contributed by atoms with Crippen molar-refractivity contribution in [1.29, 1.82) is 0 Å². The maximum atomic E-state index is 5.97. The van der Waals surface area contributed by atoms with Crippen molar-refractivity contribution in [1.82, 2.24) is 9.78 Å². The van der Waals surface area contributed by atoms with Gasteiger partial charge in [0, 0.05) is 5.56 Å². The molecule has 0 bridgehead atoms. The third-order valence-electron chi connectivity index (χ3n) is 3.46. The molecule has 1 aromatic rings. The number of hydrogen-bond donors (Lipinski definition) is 1. The Bertz CT molecular complexity index is 316. The highest BCUT2D eigenvalue weighted by Crippen LogP contribution is 2.37. The lowest BCUT2D eigenvalue weighted by Gasteiger charge is -2.12. The van der Waals surface area contributed by atoms with E-state index in [9.17, 15) is 0 Å². The summed E-state index contributed by atoms with van der Waals surface area (Å²) < 4.78 is 2.02. The second kappa shape index (κ2) is 3.64. The van der Waals surface area contributed by atoms with E-state index in [1.165, 1.54) is 25.7 Å². The first-order valence-electron chi connectivity index (χ1n) is 5.52. The molecule has 0 saturated heterocycles. The minimum Gasteiger partial charge on any atom is -0.384 e. The van der Waals surface area contributed by atoms with Gasteiger partial charge >= 0.3 is 0 Å². The molecule has 0 amide bonds. The summed E-state index contributed by atoms with van der Waals surface area (Å²) in [6.07, 6.45) is 6.98. The first kappa shape index (κ1) is 9.56. The van der Waals surface area contributed by atoms with Gasteiger partial charge in [-0.3, -0.25) is 0 Å². The van der Waals surface area contributed by atoms with Crippen molar-refractivity contribution in [2.24, 2.45) is 5.92 Å². The van der Waals surface area contributed by atoms with Gasteiger partial charge in [-0.1, -0.05) is 13.3 Å². The van der Waals surface area contributed by atoms with Gasteiger partial charge in [0.1, 0.15) is 5.82 Å². The van der Waals surface area contributed by atoms with E-state index in [4.69, 9.17) is 5.73 Å². The van der Waals surface area contributed by atoms with Crippen LogP contribution in [-0.4, -0.2) is 9.78 Å². The lowest BCUT2D eigenvalue weighted by Crippen LogP contribution is -2.10. The van der Waals surface area contributed by atoms with E-state index in [2.05, 4.69) is 12.0 Å². The Morgan fingerprint density at radius 2 is 2.36 bits per heavy atom. The van der Waals surface area contributed by atoms with Gasteiger partial charge in [0.25, 0.3) is 0 Å². The molecule has 3 nitrogen and oxygen atoms in total. The fourth-order valence-electron chi connectivity index (χ4n) is 2.39. The van der Waals surface area contributed by atoms with E-state index in [1.54, 1.807) is 0 Å². The van der Waals surface area contributed by atoms with Gasteiger partial charge in [-0.25, -0.2) is 4.68 Å². The van der Waals surface area contributed by atoms with E-state index < -0.39 is 0 Å². The van der Waals surface area contributed by atoms with Crippen molar-refractivity contribution in [3.05, 3.63) is 11.8 Å². The number of anilines is 1. The van der Waals surface area contributed by atoms with Crippen molar-refractivity contribution in [2.45, 2.75) is 45.6 Å². The van der Waals surface area contributed by atoms with Crippen molar-refractivity contribution < 1.29 is 0 Å². The van der Waals surface area contributed by atoms with Crippen molar-refractivity contribution in [3.8, 4) is 0 Å². The van der Waals surface area contributed by atoms with Crippen LogP contribution in [0.4, 0.5) is 5.82 Å². The molecule has 1 aromatic heterocycles. The van der Waals surface area contributed by atoms with E-state index in [0.717, 1.165) is 17.3 Å². The first-order valence-corrected chi connectivity index (χ1v) is 5.52. The highest BCUT2D eigenvalue weighted by molar-refractivity contribution is 5.37. The second-order valence-electron chi connectivity index (χ2n) is 4.40. The Hall–Kier alpha value is -0.990. The van der Waals surface area contributed by atoms with Gasteiger partial charge in [0.2, 0.25) is 0 Å². The first-order chi connectivity index (χ1) is 6.72. The molecule has 0 radical (unpaired) electrons. The Labute approximate surface area is 85.3 Å². The fraction of sp³-hybridized carbons (Fsp3) is 0.727. The lowest BCUT2D eigenvalue weighted by atomic mass is 10.1. The molecule has 1 heterocycles. The largest absolute Gasteiger partial charge is 0.384 e. The van der Waals surface area contributed by atoms with E-state index >= 15 is 0 Å². The van der Waals surface area contributed by atoms with Crippen LogP contribution in [0.1, 0.15) is 44.2 Å². The maximum Gasteiger partial charge on any atom is 0.124 e. The average molecular weight is 193 g/mol. The molecule has 0 aliphatic heterocycles. The Balaban J connectivity index is 2.13. The molecular weight excluding hydrogens is 174 g/mol. The number of nitrogen functional groups attached to an aromatic ring is 1. The Morgan fingerprint density at radius 3 is 2.86 bits per heavy atom. The predicted molar refractivity (Wildman–Crippen MR) is 58.0 cm³/mol. The lowest BCUT2D eigenvalue weighted by molar-refractivity contribution is 0.440. The fourth-order valence-corrected chi connectivity index (χ4v) is 2.39. The Kier molecular flexibility index (Phi) is 2.48. The van der Waals surface area contributed by atoms with Gasteiger partial charge in [0.15, 0.2) is 0 Å². The zero-order chi connectivity index (χ0) is 10.1. The molecule has 1 aliphatic carbocycles. The van der Waals surface area contributed by atoms with E-state index in [-0.39, 0.29) is 0 Å². The number of aromatic nitrogens is 2. The zero-order valence-corrected chi connectivity index (χ0v) is 9.03. The van der Waals surface area contributed by atoms with Crippen LogP contribution in [0.3, 0.4) is 0 Å². The second-order valence-corrected chi connectivity index (χ2v) is 4.40. The normalized spacial score (nSPS) is 27.0. The molecule has 78 valence electrons. The third-order valence-corrected chi connectivity index (χ3v) is 3.46. The van der Waals surface area contributed by atoms with Crippen molar-refractivity contribution >= 4 is 5.82 Å². The molecule has 2 N–H and O–H groups in total. The molecule has 0 aromatic carbocycles. The Morgan fingerprint density at radius 1 is 1.57 bits per heavy atom. The van der Waals surface area contributed by atoms with Crippen LogP contribution >= 0.6 is 0 Å². The van der Waals surface area contributed by atoms with Gasteiger partial charge in [-0.05, 0) is 32.1 Å². The molecule has 1 aliphatic rings. The smallest absolute Gasteiger partial charge is 0.124 e. The third kappa shape index (κ3) is 1.51. The summed E-state index contributed by atoms with van der Waals surface area (Å²) in [5.41, 5.74) is 7.07. The highest BCUT2D eigenvalue weighted by Gasteiger charge is 2.26. The standard InChI is InChI=1S/C11H19N3/c1-3-9-4-5-10(6-9)14-11(12)8(2)7-13-14/h7,9-10H,3-6,12H2,1-2H3. The average Bonchev–Trinajstić information content (AvgIpc) is 2.75.